The number of benzene rings is 2. The molecule has 0 aliphatic carbocycles. The van der Waals surface area contributed by atoms with Crippen LogP contribution in [-0.4, -0.2) is 29.5 Å². The van der Waals surface area contributed by atoms with Crippen molar-refractivity contribution < 1.29 is 9.59 Å². The summed E-state index contributed by atoms with van der Waals surface area (Å²) < 4.78 is 1.45. The Labute approximate surface area is 169 Å². The molecule has 0 spiro atoms. The molecular formula is C22H24ClN3O2. The lowest BCUT2D eigenvalue weighted by atomic mass is 10.1. The van der Waals surface area contributed by atoms with Crippen LogP contribution in [0.2, 0.25) is 5.02 Å². The van der Waals surface area contributed by atoms with Crippen LogP contribution < -0.4 is 10.2 Å². The van der Waals surface area contributed by atoms with Gasteiger partial charge in [-0.15, -0.1) is 0 Å². The summed E-state index contributed by atoms with van der Waals surface area (Å²) in [6.07, 6.45) is 1.57. The minimum Gasteiger partial charge on any atom is -0.372 e. The molecule has 0 bridgehead atoms. The van der Waals surface area contributed by atoms with Crippen molar-refractivity contribution >= 4 is 45.7 Å². The molecular weight excluding hydrogens is 374 g/mol. The van der Waals surface area contributed by atoms with Gasteiger partial charge in [-0.1, -0.05) is 17.7 Å². The lowest BCUT2D eigenvalue weighted by Gasteiger charge is -2.22. The Hall–Kier alpha value is -2.79. The Morgan fingerprint density at radius 1 is 1.11 bits per heavy atom. The molecule has 0 aliphatic rings. The molecule has 2 aromatic carbocycles. The molecule has 5 nitrogen and oxygen atoms in total. The molecule has 3 aromatic rings. The fourth-order valence-electron chi connectivity index (χ4n) is 3.40. The van der Waals surface area contributed by atoms with Crippen LogP contribution >= 0.6 is 11.6 Å². The second-order valence-electron chi connectivity index (χ2n) is 6.72. The van der Waals surface area contributed by atoms with Crippen LogP contribution in [0.15, 0.2) is 42.6 Å². The molecule has 0 saturated heterocycles. The number of nitrogens with one attached hydrogen (secondary N) is 1. The van der Waals surface area contributed by atoms with E-state index in [0.717, 1.165) is 30.0 Å². The quantitative estimate of drug-likeness (QED) is 0.630. The van der Waals surface area contributed by atoms with Crippen molar-refractivity contribution in [1.29, 1.82) is 0 Å². The molecule has 3 rings (SSSR count). The number of nitrogens with zero attached hydrogens (tertiary/aromatic N) is 2. The molecule has 1 N–H and O–H groups in total. The van der Waals surface area contributed by atoms with E-state index in [4.69, 9.17) is 11.6 Å². The summed E-state index contributed by atoms with van der Waals surface area (Å²) in [7, 11) is 0. The number of amides is 1. The molecule has 0 aliphatic heterocycles. The molecule has 0 fully saturated rings. The first-order chi connectivity index (χ1) is 13.3. The topological polar surface area (TPSA) is 54.3 Å². The summed E-state index contributed by atoms with van der Waals surface area (Å²) in [5.74, 6) is -0.433. The van der Waals surface area contributed by atoms with Crippen molar-refractivity contribution in [2.24, 2.45) is 0 Å². The van der Waals surface area contributed by atoms with Crippen LogP contribution in [0.1, 0.15) is 41.5 Å². The Morgan fingerprint density at radius 3 is 2.43 bits per heavy atom. The third-order valence-corrected chi connectivity index (χ3v) is 5.17. The standard InChI is InChI=1S/C22H24ClN3O2/c1-5-25(6-2)17-8-10-20(14(3)11-17)24-22(28)19-13-26(15(4)27)21-12-16(23)7-9-18(19)21/h7-13H,5-6H2,1-4H3,(H,24,28). The number of aryl methyl sites for hydroxylation is 1. The van der Waals surface area contributed by atoms with Gasteiger partial charge in [-0.3, -0.25) is 14.2 Å². The van der Waals surface area contributed by atoms with Gasteiger partial charge in [0.2, 0.25) is 5.91 Å². The molecule has 0 unspecified atom stereocenters. The van der Waals surface area contributed by atoms with E-state index in [1.54, 1.807) is 24.4 Å². The average Bonchev–Trinajstić information content (AvgIpc) is 3.03. The second-order valence-corrected chi connectivity index (χ2v) is 7.16. The maximum atomic E-state index is 13.0. The van der Waals surface area contributed by atoms with E-state index in [9.17, 15) is 9.59 Å². The van der Waals surface area contributed by atoms with Crippen LogP contribution in [0.5, 0.6) is 0 Å². The van der Waals surface area contributed by atoms with E-state index in [-0.39, 0.29) is 11.8 Å². The summed E-state index contributed by atoms with van der Waals surface area (Å²) in [5.41, 5.74) is 3.92. The van der Waals surface area contributed by atoms with Crippen LogP contribution in [0.25, 0.3) is 10.9 Å². The number of carbonyl (C=O) groups excluding carboxylic acids is 2. The normalized spacial score (nSPS) is 10.9. The molecule has 28 heavy (non-hydrogen) atoms. The Kier molecular flexibility index (Phi) is 5.75. The fraction of sp³-hybridized carbons (Fsp3) is 0.273. The van der Waals surface area contributed by atoms with Crippen molar-refractivity contribution in [3.8, 4) is 0 Å². The van der Waals surface area contributed by atoms with Gasteiger partial charge in [0.05, 0.1) is 11.1 Å². The van der Waals surface area contributed by atoms with Gasteiger partial charge in [0.1, 0.15) is 0 Å². The van der Waals surface area contributed by atoms with Gasteiger partial charge in [-0.25, -0.2) is 0 Å². The lowest BCUT2D eigenvalue weighted by Crippen LogP contribution is -2.22. The summed E-state index contributed by atoms with van der Waals surface area (Å²) in [5, 5.41) is 4.18. The van der Waals surface area contributed by atoms with E-state index in [2.05, 4.69) is 30.1 Å². The van der Waals surface area contributed by atoms with Crippen molar-refractivity contribution in [3.05, 3.63) is 58.7 Å². The van der Waals surface area contributed by atoms with E-state index in [1.807, 2.05) is 19.1 Å². The summed E-state index contributed by atoms with van der Waals surface area (Å²) in [6.45, 7) is 9.51. The van der Waals surface area contributed by atoms with Gasteiger partial charge in [-0.2, -0.15) is 0 Å². The maximum absolute atomic E-state index is 13.0. The highest BCUT2D eigenvalue weighted by atomic mass is 35.5. The molecule has 0 saturated carbocycles. The van der Waals surface area contributed by atoms with Crippen LogP contribution in [-0.2, 0) is 0 Å². The van der Waals surface area contributed by atoms with Crippen molar-refractivity contribution in [1.82, 2.24) is 4.57 Å². The van der Waals surface area contributed by atoms with E-state index < -0.39 is 0 Å². The highest BCUT2D eigenvalue weighted by molar-refractivity contribution is 6.31. The first-order valence-electron chi connectivity index (χ1n) is 9.34. The fourth-order valence-corrected chi connectivity index (χ4v) is 3.57. The molecule has 6 heteroatoms. The largest absolute Gasteiger partial charge is 0.372 e. The highest BCUT2D eigenvalue weighted by Crippen LogP contribution is 2.27. The van der Waals surface area contributed by atoms with Gasteiger partial charge < -0.3 is 10.2 Å². The average molecular weight is 398 g/mol. The third-order valence-electron chi connectivity index (χ3n) is 4.94. The van der Waals surface area contributed by atoms with Gasteiger partial charge in [0, 0.05) is 48.0 Å². The zero-order valence-electron chi connectivity index (χ0n) is 16.5. The van der Waals surface area contributed by atoms with Gasteiger partial charge >= 0.3 is 0 Å². The first-order valence-corrected chi connectivity index (χ1v) is 9.72. The Balaban J connectivity index is 1.95. The minimum atomic E-state index is -0.258. The number of anilines is 2. The Morgan fingerprint density at radius 2 is 1.82 bits per heavy atom. The second kappa shape index (κ2) is 8.07. The number of fused-ring (bicyclic) bond motifs is 1. The number of aromatic nitrogens is 1. The minimum absolute atomic E-state index is 0.175. The van der Waals surface area contributed by atoms with Crippen molar-refractivity contribution in [3.63, 3.8) is 0 Å². The van der Waals surface area contributed by atoms with Crippen LogP contribution in [0.4, 0.5) is 11.4 Å². The van der Waals surface area contributed by atoms with Gasteiger partial charge in [-0.05, 0) is 56.7 Å². The zero-order chi connectivity index (χ0) is 20.4. The molecule has 1 amide bonds. The monoisotopic (exact) mass is 397 g/mol. The lowest BCUT2D eigenvalue weighted by molar-refractivity contribution is 0.0941. The SMILES string of the molecule is CCN(CC)c1ccc(NC(=O)c2cn(C(C)=O)c3cc(Cl)ccc23)c(C)c1. The predicted molar refractivity (Wildman–Crippen MR) is 116 cm³/mol. The number of hydrogen-bond donors (Lipinski definition) is 1. The highest BCUT2D eigenvalue weighted by Gasteiger charge is 2.18. The number of rotatable bonds is 5. The van der Waals surface area contributed by atoms with Gasteiger partial charge in [0.15, 0.2) is 0 Å². The summed E-state index contributed by atoms with van der Waals surface area (Å²) in [4.78, 5) is 27.2. The predicted octanol–water partition coefficient (Wildman–Crippen LogP) is 5.36. The van der Waals surface area contributed by atoms with Crippen molar-refractivity contribution in [2.45, 2.75) is 27.7 Å². The van der Waals surface area contributed by atoms with Crippen LogP contribution in [0, 0.1) is 6.92 Å². The molecule has 0 atom stereocenters. The summed E-state index contributed by atoms with van der Waals surface area (Å²) >= 11 is 6.07. The number of hydrogen-bond acceptors (Lipinski definition) is 3. The Bertz CT molecular complexity index is 1050. The number of carbonyl (C=O) groups is 2. The molecule has 1 heterocycles. The van der Waals surface area contributed by atoms with E-state index in [1.165, 1.54) is 11.5 Å². The third kappa shape index (κ3) is 3.76. The summed E-state index contributed by atoms with van der Waals surface area (Å²) in [6, 6.07) is 11.2. The smallest absolute Gasteiger partial charge is 0.257 e. The molecule has 146 valence electrons. The van der Waals surface area contributed by atoms with E-state index >= 15 is 0 Å². The van der Waals surface area contributed by atoms with Gasteiger partial charge in [0.25, 0.3) is 5.91 Å². The number of halogens is 1. The van der Waals surface area contributed by atoms with Crippen molar-refractivity contribution in [2.75, 3.05) is 23.3 Å². The zero-order valence-corrected chi connectivity index (χ0v) is 17.3. The van der Waals surface area contributed by atoms with Crippen LogP contribution in [0.3, 0.4) is 0 Å². The first kappa shape index (κ1) is 20.0. The van der Waals surface area contributed by atoms with E-state index in [0.29, 0.717) is 21.5 Å². The maximum Gasteiger partial charge on any atom is 0.257 e. The molecule has 0 radical (unpaired) electrons. The molecule has 1 aromatic heterocycles.